The highest BCUT2D eigenvalue weighted by molar-refractivity contribution is 6.78. The number of amidine groups is 3. The minimum absolute atomic E-state index is 0.232. The Labute approximate surface area is 340 Å². The quantitative estimate of drug-likeness (QED) is 0.133. The van der Waals surface area contributed by atoms with Gasteiger partial charge in [0.05, 0.1) is 0 Å². The molecule has 14 rings (SSSR count). The van der Waals surface area contributed by atoms with E-state index in [1.807, 2.05) is 78.9 Å². The number of aliphatic hydroxyl groups excluding tert-OH is 1. The first kappa shape index (κ1) is 32.0. The van der Waals surface area contributed by atoms with Gasteiger partial charge in [0, 0.05) is 43.8 Å². The van der Waals surface area contributed by atoms with Gasteiger partial charge in [0.15, 0.2) is 22.9 Å². The maximum absolute atomic E-state index is 14.4. The summed E-state index contributed by atoms with van der Waals surface area (Å²) in [5.41, 5.74) is 11.4. The van der Waals surface area contributed by atoms with Gasteiger partial charge in [-0.2, -0.15) is 0 Å². The first-order valence-electron chi connectivity index (χ1n) is 19.7. The first-order chi connectivity index (χ1) is 29.4. The van der Waals surface area contributed by atoms with Crippen molar-refractivity contribution in [3.05, 3.63) is 184 Å². The van der Waals surface area contributed by atoms with E-state index in [0.29, 0.717) is 50.6 Å². The summed E-state index contributed by atoms with van der Waals surface area (Å²) in [5.74, 6) is 1.88. The lowest BCUT2D eigenvalue weighted by Crippen LogP contribution is -2.62. The Balaban J connectivity index is 1.24. The summed E-state index contributed by atoms with van der Waals surface area (Å²) in [6.45, 7) is 0. The van der Waals surface area contributed by atoms with Gasteiger partial charge in [-0.1, -0.05) is 97.1 Å². The average Bonchev–Trinajstić information content (AvgIpc) is 3.97. The molecule has 4 bridgehead atoms. The predicted molar refractivity (Wildman–Crippen MR) is 241 cm³/mol. The number of anilines is 1. The second-order valence-corrected chi connectivity index (χ2v) is 18.5. The lowest BCUT2D eigenvalue weighted by molar-refractivity contribution is 0.390. The summed E-state index contributed by atoms with van der Waals surface area (Å²) in [4.78, 5) is 40.8. The molecule has 8 aromatic carbocycles. The van der Waals surface area contributed by atoms with Crippen molar-refractivity contribution >= 4 is 108 Å². The third-order valence-corrected chi connectivity index (χ3v) is 15.6. The summed E-state index contributed by atoms with van der Waals surface area (Å²) >= 11 is 0. The number of nitrogens with zero attached hydrogens (tertiary/aromatic N) is 7. The van der Waals surface area contributed by atoms with Gasteiger partial charge in [-0.25, -0.2) is 25.0 Å². The van der Waals surface area contributed by atoms with Crippen molar-refractivity contribution in [1.82, 2.24) is 8.47 Å². The van der Waals surface area contributed by atoms with Crippen molar-refractivity contribution in [3.63, 3.8) is 0 Å². The summed E-state index contributed by atoms with van der Waals surface area (Å²) in [6.07, 6.45) is 0. The zero-order valence-electron chi connectivity index (χ0n) is 31.5. The van der Waals surface area contributed by atoms with Crippen LogP contribution in [0, 0.1) is 0 Å². The Kier molecular flexibility index (Phi) is 5.83. The number of hydrogen-bond acceptors (Lipinski definition) is 8. The van der Waals surface area contributed by atoms with Crippen LogP contribution in [0.25, 0.3) is 70.3 Å². The Bertz CT molecular complexity index is 4010. The van der Waals surface area contributed by atoms with Crippen LogP contribution in [-0.4, -0.2) is 44.5 Å². The molecule has 0 amide bonds. The van der Waals surface area contributed by atoms with Gasteiger partial charge in [-0.15, -0.1) is 0 Å². The van der Waals surface area contributed by atoms with Gasteiger partial charge in [-0.05, 0) is 91.6 Å². The zero-order chi connectivity index (χ0) is 39.6. The van der Waals surface area contributed by atoms with E-state index >= 15 is 0 Å². The predicted octanol–water partition coefficient (Wildman–Crippen LogP) is 8.45. The lowest BCUT2D eigenvalue weighted by atomic mass is 10.0. The highest BCUT2D eigenvalue weighted by Crippen LogP contribution is 2.44. The van der Waals surface area contributed by atoms with E-state index < -0.39 is 8.64 Å². The number of nitrogens with two attached hydrogens (primary N) is 1. The van der Waals surface area contributed by atoms with Crippen LogP contribution in [-0.2, 0) is 0 Å². The van der Waals surface area contributed by atoms with Crippen molar-refractivity contribution < 1.29 is 9.90 Å². The van der Waals surface area contributed by atoms with Crippen LogP contribution < -0.4 is 16.7 Å². The van der Waals surface area contributed by atoms with E-state index in [9.17, 15) is 9.90 Å². The lowest BCUT2D eigenvalue weighted by Gasteiger charge is -2.30. The molecule has 4 aliphatic heterocycles. The average molecular weight is 789 g/mol. The number of rotatable bonds is 0. The molecule has 0 saturated heterocycles. The molecule has 10 nitrogen and oxygen atoms in total. The van der Waals surface area contributed by atoms with Gasteiger partial charge in [0.25, 0.3) is 0 Å². The van der Waals surface area contributed by atoms with E-state index in [1.54, 1.807) is 8.47 Å². The molecule has 0 fully saturated rings. The molecule has 60 heavy (non-hydrogen) atoms. The molecule has 0 aliphatic carbocycles. The molecule has 10 aromatic rings. The Hall–Kier alpha value is -7.99. The molecular formula is C49H28N8O2Si. The van der Waals surface area contributed by atoms with E-state index in [-0.39, 0.29) is 16.9 Å². The minimum atomic E-state index is -4.88. The van der Waals surface area contributed by atoms with Crippen LogP contribution in [0.4, 0.5) is 11.6 Å². The van der Waals surface area contributed by atoms with Crippen LogP contribution in [0.5, 0.6) is 0 Å². The maximum atomic E-state index is 14.4. The Morgan fingerprint density at radius 2 is 0.800 bits per heavy atom. The number of benzene rings is 8. The molecule has 0 saturated carbocycles. The van der Waals surface area contributed by atoms with Crippen LogP contribution in [0.2, 0.25) is 0 Å². The normalized spacial score (nSPS) is 18.3. The fourth-order valence-electron chi connectivity index (χ4n) is 9.77. The number of fused-ring (bicyclic) bond motifs is 19. The van der Waals surface area contributed by atoms with Gasteiger partial charge < -0.3 is 15.6 Å². The van der Waals surface area contributed by atoms with Crippen molar-refractivity contribution in [1.29, 1.82) is 0 Å². The highest BCUT2D eigenvalue weighted by Gasteiger charge is 2.53. The number of aliphatic hydroxyl groups is 1. The van der Waals surface area contributed by atoms with E-state index in [2.05, 4.69) is 66.7 Å². The number of aromatic nitrogens is 2. The Morgan fingerprint density at radius 3 is 1.30 bits per heavy atom. The second-order valence-electron chi connectivity index (χ2n) is 15.9. The fraction of sp³-hybridized carbons (Fsp3) is 0. The van der Waals surface area contributed by atoms with E-state index in [0.717, 1.165) is 70.6 Å². The molecule has 1 unspecified atom stereocenters. The maximum Gasteiger partial charge on any atom is 0.503 e. The van der Waals surface area contributed by atoms with Gasteiger partial charge >= 0.3 is 8.64 Å². The van der Waals surface area contributed by atoms with Crippen molar-refractivity contribution in [3.8, 4) is 0 Å². The SMILES string of the molecule is Nc1c2cc3ccccc3cc2c2n1[Si]1(O)C(O)=C3N=C(N=c4c5cc6ccccc6cc5c(n41)=NC1=N/C(=N\2)c2cc4ccccc4cc21)c1cc2ccccc2cc13. The van der Waals surface area contributed by atoms with Crippen molar-refractivity contribution in [2.75, 3.05) is 5.73 Å². The molecule has 11 heteroatoms. The molecular weight excluding hydrogens is 761 g/mol. The summed E-state index contributed by atoms with van der Waals surface area (Å²) in [5, 5.41) is 23.8. The third-order valence-electron chi connectivity index (χ3n) is 12.6. The molecule has 6 heterocycles. The topological polar surface area (TPSA) is 138 Å². The van der Waals surface area contributed by atoms with Crippen LogP contribution in [0.1, 0.15) is 22.3 Å². The monoisotopic (exact) mass is 788 g/mol. The number of nitrogen functional groups attached to an aromatic ring is 1. The van der Waals surface area contributed by atoms with E-state index in [1.165, 1.54) is 0 Å². The Morgan fingerprint density at radius 1 is 0.417 bits per heavy atom. The molecule has 4 aliphatic rings. The minimum Gasteiger partial charge on any atom is -0.509 e. The van der Waals surface area contributed by atoms with Gasteiger partial charge in [0.2, 0.25) is 0 Å². The van der Waals surface area contributed by atoms with Crippen LogP contribution >= 0.6 is 0 Å². The van der Waals surface area contributed by atoms with Crippen molar-refractivity contribution in [2.45, 2.75) is 0 Å². The fourth-order valence-corrected chi connectivity index (χ4v) is 12.8. The zero-order valence-corrected chi connectivity index (χ0v) is 32.5. The molecule has 2 aromatic heterocycles. The first-order valence-corrected chi connectivity index (χ1v) is 21.6. The van der Waals surface area contributed by atoms with E-state index in [4.69, 9.17) is 30.7 Å². The van der Waals surface area contributed by atoms with Crippen molar-refractivity contribution in [2.24, 2.45) is 25.0 Å². The van der Waals surface area contributed by atoms with Gasteiger partial charge in [-0.3, -0.25) is 8.47 Å². The molecule has 280 valence electrons. The molecule has 1 atom stereocenters. The van der Waals surface area contributed by atoms with Crippen LogP contribution in [0.3, 0.4) is 0 Å². The van der Waals surface area contributed by atoms with Crippen LogP contribution in [0.15, 0.2) is 176 Å². The summed E-state index contributed by atoms with van der Waals surface area (Å²) < 4.78 is 3.40. The molecule has 4 N–H and O–H groups in total. The number of hydrogen-bond donors (Lipinski definition) is 3. The second kappa shape index (κ2) is 10.9. The largest absolute Gasteiger partial charge is 0.509 e. The third kappa shape index (κ3) is 3.97. The van der Waals surface area contributed by atoms with Gasteiger partial charge in [0.1, 0.15) is 28.3 Å². The summed E-state index contributed by atoms with van der Waals surface area (Å²) in [6, 6.07) is 48.9. The number of aliphatic imine (C=N–C) groups is 3. The highest BCUT2D eigenvalue weighted by atomic mass is 28.4. The smallest absolute Gasteiger partial charge is 0.503 e. The standard InChI is InChI=1S/C49H28N8O2Si/c50-42-34-18-26-10-2-6-14-30(26)22-38(34)46-54-44-36-20-28-12-4-5-13-29(28)21-37(36)45(52-44)55-48-40-24-32-16-8-7-15-31(32)23-39(40)47-53-43-35-19-27-11-3-1-9-25(27)17-33(35)41(51-43)49(58)60(59,56(42)46)57(47)48/h1-24,58-59H,50H2/b49-41?,53-47?,54-44-,55-48?. The summed E-state index contributed by atoms with van der Waals surface area (Å²) in [7, 11) is -4.88. The molecule has 0 radical (unpaired) electrons. The molecule has 0 spiro atoms.